The zero-order chi connectivity index (χ0) is 13.0. The summed E-state index contributed by atoms with van der Waals surface area (Å²) in [6.07, 6.45) is 2.59. The number of rotatable bonds is 4. The van der Waals surface area contributed by atoms with Crippen LogP contribution < -0.4 is 5.32 Å². The van der Waals surface area contributed by atoms with Gasteiger partial charge in [-0.1, -0.05) is 12.1 Å². The van der Waals surface area contributed by atoms with Crippen LogP contribution in [0.1, 0.15) is 24.0 Å². The van der Waals surface area contributed by atoms with Crippen LogP contribution in [0.15, 0.2) is 18.2 Å². The summed E-state index contributed by atoms with van der Waals surface area (Å²) in [5, 5.41) is 2.84. The summed E-state index contributed by atoms with van der Waals surface area (Å²) in [7, 11) is 0. The number of hydrogen-bond donors (Lipinski definition) is 1. The molecule has 1 fully saturated rings. The molecule has 4 heteroatoms. The van der Waals surface area contributed by atoms with Gasteiger partial charge in [0.05, 0.1) is 0 Å². The lowest BCUT2D eigenvalue weighted by atomic mass is 10.1. The van der Waals surface area contributed by atoms with Gasteiger partial charge in [0.1, 0.15) is 5.88 Å². The van der Waals surface area contributed by atoms with Crippen molar-refractivity contribution in [3.05, 3.63) is 29.3 Å². The van der Waals surface area contributed by atoms with E-state index in [-0.39, 0.29) is 11.8 Å². The first kappa shape index (κ1) is 13.4. The SMILES string of the molecule is Cc1ccc(CN2CCCC2)cc1NC(=O)CCl. The minimum absolute atomic E-state index is 0.00417. The molecule has 98 valence electrons. The summed E-state index contributed by atoms with van der Waals surface area (Å²) >= 11 is 5.51. The second kappa shape index (κ2) is 6.21. The van der Waals surface area contributed by atoms with E-state index < -0.39 is 0 Å². The van der Waals surface area contributed by atoms with Gasteiger partial charge in [-0.2, -0.15) is 0 Å². The molecule has 1 aliphatic heterocycles. The standard InChI is InChI=1S/C14H19ClN2O/c1-11-4-5-12(10-17-6-2-3-7-17)8-13(11)16-14(18)9-15/h4-5,8H,2-3,6-7,9-10H2,1H3,(H,16,18). The van der Waals surface area contributed by atoms with Crippen molar-refractivity contribution in [3.63, 3.8) is 0 Å². The molecule has 1 aromatic rings. The van der Waals surface area contributed by atoms with E-state index in [4.69, 9.17) is 11.6 Å². The fourth-order valence-electron chi connectivity index (χ4n) is 2.28. The first-order valence-electron chi connectivity index (χ1n) is 6.37. The van der Waals surface area contributed by atoms with Crippen molar-refractivity contribution in [1.29, 1.82) is 0 Å². The van der Waals surface area contributed by atoms with Crippen LogP contribution in [0.2, 0.25) is 0 Å². The molecule has 0 aliphatic carbocycles. The maximum atomic E-state index is 11.3. The molecule has 1 N–H and O–H groups in total. The first-order chi connectivity index (χ1) is 8.69. The minimum atomic E-state index is -0.155. The Hall–Kier alpha value is -1.06. The fourth-order valence-corrected chi connectivity index (χ4v) is 2.35. The Balaban J connectivity index is 2.07. The van der Waals surface area contributed by atoms with Crippen molar-refractivity contribution >= 4 is 23.2 Å². The van der Waals surface area contributed by atoms with Crippen molar-refractivity contribution in [2.24, 2.45) is 0 Å². The number of aryl methyl sites for hydroxylation is 1. The van der Waals surface area contributed by atoms with Gasteiger partial charge in [-0.25, -0.2) is 0 Å². The lowest BCUT2D eigenvalue weighted by Gasteiger charge is -2.16. The topological polar surface area (TPSA) is 32.3 Å². The molecule has 0 spiro atoms. The smallest absolute Gasteiger partial charge is 0.239 e. The van der Waals surface area contributed by atoms with E-state index in [2.05, 4.69) is 28.4 Å². The summed E-state index contributed by atoms with van der Waals surface area (Å²) in [5.41, 5.74) is 3.18. The van der Waals surface area contributed by atoms with Gasteiger partial charge in [0, 0.05) is 12.2 Å². The number of alkyl halides is 1. The highest BCUT2D eigenvalue weighted by Crippen LogP contribution is 2.19. The Labute approximate surface area is 113 Å². The summed E-state index contributed by atoms with van der Waals surface area (Å²) < 4.78 is 0. The van der Waals surface area contributed by atoms with Gasteiger partial charge >= 0.3 is 0 Å². The zero-order valence-electron chi connectivity index (χ0n) is 10.7. The van der Waals surface area contributed by atoms with Crippen molar-refractivity contribution < 1.29 is 4.79 Å². The molecule has 18 heavy (non-hydrogen) atoms. The number of nitrogens with zero attached hydrogens (tertiary/aromatic N) is 1. The number of benzene rings is 1. The van der Waals surface area contributed by atoms with Gasteiger partial charge in [-0.3, -0.25) is 9.69 Å². The normalized spacial score (nSPS) is 15.9. The summed E-state index contributed by atoms with van der Waals surface area (Å²) in [6, 6.07) is 6.23. The lowest BCUT2D eigenvalue weighted by Crippen LogP contribution is -2.19. The number of hydrogen-bond acceptors (Lipinski definition) is 2. The maximum absolute atomic E-state index is 11.3. The van der Waals surface area contributed by atoms with Crippen LogP contribution in [-0.4, -0.2) is 29.8 Å². The number of halogens is 1. The van der Waals surface area contributed by atoms with Gasteiger partial charge in [-0.05, 0) is 50.0 Å². The predicted octanol–water partition coefficient (Wildman–Crippen LogP) is 2.77. The second-order valence-electron chi connectivity index (χ2n) is 4.81. The molecule has 0 aromatic heterocycles. The molecule has 0 bridgehead atoms. The number of amides is 1. The third-order valence-electron chi connectivity index (χ3n) is 3.30. The number of likely N-dealkylation sites (tertiary alicyclic amines) is 1. The van der Waals surface area contributed by atoms with Crippen molar-refractivity contribution in [1.82, 2.24) is 4.90 Å². The van der Waals surface area contributed by atoms with Crippen molar-refractivity contribution in [3.8, 4) is 0 Å². The molecule has 1 saturated heterocycles. The third kappa shape index (κ3) is 3.47. The highest BCUT2D eigenvalue weighted by atomic mass is 35.5. The first-order valence-corrected chi connectivity index (χ1v) is 6.90. The molecular formula is C14H19ClN2O. The van der Waals surface area contributed by atoms with Gasteiger partial charge in [0.25, 0.3) is 0 Å². The second-order valence-corrected chi connectivity index (χ2v) is 5.08. The Bertz CT molecular complexity index is 428. The Morgan fingerprint density at radius 3 is 2.78 bits per heavy atom. The maximum Gasteiger partial charge on any atom is 0.239 e. The van der Waals surface area contributed by atoms with Gasteiger partial charge in [-0.15, -0.1) is 11.6 Å². The number of carbonyl (C=O) groups is 1. The molecule has 1 amide bonds. The molecule has 0 radical (unpaired) electrons. The Morgan fingerprint density at radius 1 is 1.39 bits per heavy atom. The van der Waals surface area contributed by atoms with Gasteiger partial charge in [0.15, 0.2) is 0 Å². The molecule has 0 saturated carbocycles. The average Bonchev–Trinajstić information content (AvgIpc) is 2.86. The molecule has 3 nitrogen and oxygen atoms in total. The van der Waals surface area contributed by atoms with Crippen LogP contribution >= 0.6 is 11.6 Å². The van der Waals surface area contributed by atoms with Crippen LogP contribution in [0.25, 0.3) is 0 Å². The monoisotopic (exact) mass is 266 g/mol. The molecule has 2 rings (SSSR count). The van der Waals surface area contributed by atoms with Crippen molar-refractivity contribution in [2.45, 2.75) is 26.3 Å². The quantitative estimate of drug-likeness (QED) is 0.850. The van der Waals surface area contributed by atoms with Gasteiger partial charge in [0.2, 0.25) is 5.91 Å². The lowest BCUT2D eigenvalue weighted by molar-refractivity contribution is -0.113. The fraction of sp³-hybridized carbons (Fsp3) is 0.500. The van der Waals surface area contributed by atoms with E-state index in [9.17, 15) is 4.79 Å². The third-order valence-corrected chi connectivity index (χ3v) is 3.55. The van der Waals surface area contributed by atoms with Crippen LogP contribution in [0.5, 0.6) is 0 Å². The van der Waals surface area contributed by atoms with E-state index in [0.717, 1.165) is 17.8 Å². The van der Waals surface area contributed by atoms with Gasteiger partial charge < -0.3 is 5.32 Å². The highest BCUT2D eigenvalue weighted by molar-refractivity contribution is 6.29. The Kier molecular flexibility index (Phi) is 4.61. The molecule has 0 unspecified atom stereocenters. The van der Waals surface area contributed by atoms with E-state index in [1.54, 1.807) is 0 Å². The van der Waals surface area contributed by atoms with Crippen molar-refractivity contribution in [2.75, 3.05) is 24.3 Å². The van der Waals surface area contributed by atoms with E-state index >= 15 is 0 Å². The van der Waals surface area contributed by atoms with Crippen LogP contribution in [0, 0.1) is 6.92 Å². The van der Waals surface area contributed by atoms with E-state index in [1.807, 2.05) is 6.92 Å². The molecule has 1 aromatic carbocycles. The predicted molar refractivity (Wildman–Crippen MR) is 75.0 cm³/mol. The van der Waals surface area contributed by atoms with Crippen LogP contribution in [-0.2, 0) is 11.3 Å². The van der Waals surface area contributed by atoms with Crippen LogP contribution in [0.3, 0.4) is 0 Å². The van der Waals surface area contributed by atoms with Crippen LogP contribution in [0.4, 0.5) is 5.69 Å². The minimum Gasteiger partial charge on any atom is -0.325 e. The molecule has 1 aliphatic rings. The molecule has 0 atom stereocenters. The highest BCUT2D eigenvalue weighted by Gasteiger charge is 2.12. The number of carbonyl (C=O) groups excluding carboxylic acids is 1. The molecule has 1 heterocycles. The summed E-state index contributed by atoms with van der Waals surface area (Å²) in [5.74, 6) is -0.159. The largest absolute Gasteiger partial charge is 0.325 e. The number of anilines is 1. The molecular weight excluding hydrogens is 248 g/mol. The summed E-state index contributed by atoms with van der Waals surface area (Å²) in [4.78, 5) is 13.8. The Morgan fingerprint density at radius 2 is 2.11 bits per heavy atom. The zero-order valence-corrected chi connectivity index (χ0v) is 11.5. The number of nitrogens with one attached hydrogen (secondary N) is 1. The average molecular weight is 267 g/mol. The van der Waals surface area contributed by atoms with E-state index in [1.165, 1.54) is 31.5 Å². The van der Waals surface area contributed by atoms with E-state index in [0.29, 0.717) is 0 Å². The summed E-state index contributed by atoms with van der Waals surface area (Å²) in [6.45, 7) is 5.31.